The molecule has 172 valence electrons. The molecule has 2 heterocycles. The molecule has 8 heteroatoms. The van der Waals surface area contributed by atoms with Gasteiger partial charge in [0.2, 0.25) is 17.6 Å². The molecule has 0 radical (unpaired) electrons. The predicted molar refractivity (Wildman–Crippen MR) is 125 cm³/mol. The number of thiazole rings is 1. The van der Waals surface area contributed by atoms with Gasteiger partial charge in [0.05, 0.1) is 6.04 Å². The number of aromatic nitrogens is 1. The second kappa shape index (κ2) is 12.5. The third kappa shape index (κ3) is 6.71. The fourth-order valence-electron chi connectivity index (χ4n) is 4.09. The lowest BCUT2D eigenvalue weighted by molar-refractivity contribution is -0.138. The summed E-state index contributed by atoms with van der Waals surface area (Å²) in [5.41, 5.74) is 6.79. The molecule has 1 aliphatic rings. The van der Waals surface area contributed by atoms with E-state index in [0.717, 1.165) is 32.1 Å². The van der Waals surface area contributed by atoms with Crippen LogP contribution in [0, 0.1) is 0 Å². The lowest BCUT2D eigenvalue weighted by Crippen LogP contribution is -2.50. The van der Waals surface area contributed by atoms with Crippen LogP contribution in [-0.2, 0) is 16.0 Å². The van der Waals surface area contributed by atoms with Crippen LogP contribution in [0.1, 0.15) is 60.3 Å². The number of carbonyl (C=O) groups excluding carboxylic acids is 3. The smallest absolute Gasteiger partial charge is 0.243 e. The molecule has 32 heavy (non-hydrogen) atoms. The Morgan fingerprint density at radius 3 is 2.72 bits per heavy atom. The first-order chi connectivity index (χ1) is 15.6. The van der Waals surface area contributed by atoms with Gasteiger partial charge in [-0.2, -0.15) is 0 Å². The highest BCUT2D eigenvalue weighted by Gasteiger charge is 2.35. The van der Waals surface area contributed by atoms with Crippen LogP contribution in [0.2, 0.25) is 0 Å². The van der Waals surface area contributed by atoms with Gasteiger partial charge in [-0.3, -0.25) is 14.4 Å². The van der Waals surface area contributed by atoms with Gasteiger partial charge in [-0.25, -0.2) is 4.98 Å². The van der Waals surface area contributed by atoms with Crippen molar-refractivity contribution in [1.29, 1.82) is 0 Å². The average molecular weight is 457 g/mol. The third-order valence-corrected chi connectivity index (χ3v) is 6.59. The number of Topliss-reactive ketones (excluding diaryl/α,β-unsaturated/α-hetero) is 1. The van der Waals surface area contributed by atoms with E-state index in [-0.39, 0.29) is 17.6 Å². The molecule has 7 nitrogen and oxygen atoms in total. The summed E-state index contributed by atoms with van der Waals surface area (Å²) in [6.07, 6.45) is 7.04. The van der Waals surface area contributed by atoms with Crippen LogP contribution in [-0.4, -0.2) is 52.7 Å². The van der Waals surface area contributed by atoms with E-state index in [0.29, 0.717) is 37.4 Å². The van der Waals surface area contributed by atoms with Crippen LogP contribution < -0.4 is 11.1 Å². The molecule has 1 aliphatic heterocycles. The Kier molecular flexibility index (Phi) is 9.37. The summed E-state index contributed by atoms with van der Waals surface area (Å²) < 4.78 is 0. The standard InChI is InChI=1S/C24H32N4O3S/c25-14-5-4-11-19(22(30)24-26-15-17-32-24)27-23(31)20-12-7-16-28(20)21(29)13-6-10-18-8-2-1-3-9-18/h1-3,8-9,15,17,19-20H,4-7,10-14,16,25H2,(H,27,31)/t19?,20-/m0/s1. The molecule has 0 spiro atoms. The molecule has 0 bridgehead atoms. The molecule has 3 N–H and O–H groups in total. The van der Waals surface area contributed by atoms with Crippen molar-refractivity contribution in [3.05, 3.63) is 52.5 Å². The molecule has 1 aromatic heterocycles. The Morgan fingerprint density at radius 1 is 1.19 bits per heavy atom. The fraction of sp³-hybridized carbons (Fsp3) is 0.500. The molecular formula is C24H32N4O3S. The molecule has 3 rings (SSSR count). The average Bonchev–Trinajstić information content (AvgIpc) is 3.51. The summed E-state index contributed by atoms with van der Waals surface area (Å²) in [6, 6.07) is 8.92. The summed E-state index contributed by atoms with van der Waals surface area (Å²) >= 11 is 1.27. The van der Waals surface area contributed by atoms with Crippen molar-refractivity contribution in [1.82, 2.24) is 15.2 Å². The van der Waals surface area contributed by atoms with Crippen LogP contribution in [0.15, 0.2) is 41.9 Å². The Bertz CT molecular complexity index is 873. The lowest BCUT2D eigenvalue weighted by atomic mass is 10.0. The lowest BCUT2D eigenvalue weighted by Gasteiger charge is -2.26. The number of nitrogens with two attached hydrogens (primary N) is 1. The molecule has 0 aliphatic carbocycles. The van der Waals surface area contributed by atoms with E-state index in [1.165, 1.54) is 16.9 Å². The van der Waals surface area contributed by atoms with Gasteiger partial charge < -0.3 is 16.0 Å². The fourth-order valence-corrected chi connectivity index (χ4v) is 4.72. The van der Waals surface area contributed by atoms with E-state index in [2.05, 4.69) is 22.4 Å². The quantitative estimate of drug-likeness (QED) is 0.377. The maximum absolute atomic E-state index is 13.1. The Morgan fingerprint density at radius 2 is 2.00 bits per heavy atom. The SMILES string of the molecule is NCCCCC(NC(=O)[C@@H]1CCCN1C(=O)CCCc1ccccc1)C(=O)c1nccs1. The number of amides is 2. The summed E-state index contributed by atoms with van der Waals surface area (Å²) in [6.45, 7) is 1.13. The van der Waals surface area contributed by atoms with Crippen molar-refractivity contribution in [3.63, 3.8) is 0 Å². The highest BCUT2D eigenvalue weighted by atomic mass is 32.1. The molecule has 0 saturated carbocycles. The molecule has 1 saturated heterocycles. The molecule has 1 unspecified atom stereocenters. The third-order valence-electron chi connectivity index (χ3n) is 5.80. The van der Waals surface area contributed by atoms with Crippen molar-refractivity contribution in [3.8, 4) is 0 Å². The summed E-state index contributed by atoms with van der Waals surface area (Å²) in [7, 11) is 0. The number of aryl methyl sites for hydroxylation is 1. The van der Waals surface area contributed by atoms with E-state index < -0.39 is 12.1 Å². The van der Waals surface area contributed by atoms with Crippen molar-refractivity contribution in [2.75, 3.05) is 13.1 Å². The summed E-state index contributed by atoms with van der Waals surface area (Å²) in [4.78, 5) is 44.5. The van der Waals surface area contributed by atoms with Crippen molar-refractivity contribution < 1.29 is 14.4 Å². The largest absolute Gasteiger partial charge is 0.344 e. The van der Waals surface area contributed by atoms with Crippen LogP contribution in [0.3, 0.4) is 0 Å². The number of nitrogens with one attached hydrogen (secondary N) is 1. The molecule has 2 atom stereocenters. The number of hydrogen-bond acceptors (Lipinski definition) is 6. The van der Waals surface area contributed by atoms with Crippen LogP contribution >= 0.6 is 11.3 Å². The maximum Gasteiger partial charge on any atom is 0.243 e. The van der Waals surface area contributed by atoms with Gasteiger partial charge in [0.1, 0.15) is 6.04 Å². The number of unbranched alkanes of at least 4 members (excludes halogenated alkanes) is 1. The molecule has 2 aromatic rings. The van der Waals surface area contributed by atoms with E-state index in [9.17, 15) is 14.4 Å². The summed E-state index contributed by atoms with van der Waals surface area (Å²) in [5, 5.41) is 5.06. The predicted octanol–water partition coefficient (Wildman–Crippen LogP) is 2.95. The number of rotatable bonds is 12. The number of ketones is 1. The number of hydrogen-bond donors (Lipinski definition) is 2. The van der Waals surface area contributed by atoms with Crippen LogP contribution in [0.5, 0.6) is 0 Å². The Balaban J connectivity index is 1.56. The minimum Gasteiger partial charge on any atom is -0.344 e. The zero-order valence-electron chi connectivity index (χ0n) is 18.4. The van der Waals surface area contributed by atoms with E-state index in [1.54, 1.807) is 16.5 Å². The first kappa shape index (κ1) is 24.1. The highest BCUT2D eigenvalue weighted by Crippen LogP contribution is 2.21. The van der Waals surface area contributed by atoms with Gasteiger partial charge in [-0.15, -0.1) is 11.3 Å². The first-order valence-electron chi connectivity index (χ1n) is 11.4. The van der Waals surface area contributed by atoms with Gasteiger partial charge >= 0.3 is 0 Å². The van der Waals surface area contributed by atoms with Gasteiger partial charge in [-0.05, 0) is 57.1 Å². The first-order valence-corrected chi connectivity index (χ1v) is 12.3. The summed E-state index contributed by atoms with van der Waals surface area (Å²) in [5.74, 6) is -0.421. The minimum absolute atomic E-state index is 0.00418. The van der Waals surface area contributed by atoms with E-state index >= 15 is 0 Å². The second-order valence-electron chi connectivity index (χ2n) is 8.13. The van der Waals surface area contributed by atoms with E-state index in [4.69, 9.17) is 5.73 Å². The highest BCUT2D eigenvalue weighted by molar-refractivity contribution is 7.11. The Hall–Kier alpha value is -2.58. The van der Waals surface area contributed by atoms with E-state index in [1.807, 2.05) is 18.2 Å². The van der Waals surface area contributed by atoms with Gasteiger partial charge in [0.15, 0.2) is 5.01 Å². The molecule has 1 aromatic carbocycles. The zero-order chi connectivity index (χ0) is 22.8. The molecule has 2 amide bonds. The maximum atomic E-state index is 13.1. The monoisotopic (exact) mass is 456 g/mol. The van der Waals surface area contributed by atoms with Gasteiger partial charge in [-0.1, -0.05) is 30.3 Å². The Labute approximate surface area is 193 Å². The van der Waals surface area contributed by atoms with Crippen molar-refractivity contribution in [2.45, 2.75) is 63.5 Å². The number of benzene rings is 1. The topological polar surface area (TPSA) is 105 Å². The normalized spacial score (nSPS) is 16.7. The van der Waals surface area contributed by atoms with Crippen LogP contribution in [0.25, 0.3) is 0 Å². The van der Waals surface area contributed by atoms with Crippen LogP contribution in [0.4, 0.5) is 0 Å². The number of carbonyl (C=O) groups is 3. The molecule has 1 fully saturated rings. The molecular weight excluding hydrogens is 424 g/mol. The van der Waals surface area contributed by atoms with Gasteiger partial charge in [0, 0.05) is 24.5 Å². The number of nitrogens with zero attached hydrogens (tertiary/aromatic N) is 2. The van der Waals surface area contributed by atoms with Crippen molar-refractivity contribution in [2.24, 2.45) is 5.73 Å². The number of likely N-dealkylation sites (tertiary alicyclic amines) is 1. The second-order valence-corrected chi connectivity index (χ2v) is 9.03. The minimum atomic E-state index is -0.643. The van der Waals surface area contributed by atoms with Gasteiger partial charge in [0.25, 0.3) is 0 Å². The van der Waals surface area contributed by atoms with Crippen molar-refractivity contribution >= 4 is 28.9 Å². The zero-order valence-corrected chi connectivity index (χ0v) is 19.2.